The molecule has 0 aliphatic carbocycles. The fourth-order valence-electron chi connectivity index (χ4n) is 4.05. The summed E-state index contributed by atoms with van der Waals surface area (Å²) < 4.78 is 17.5. The zero-order valence-corrected chi connectivity index (χ0v) is 15.7. The van der Waals surface area contributed by atoms with Crippen LogP contribution in [0.2, 0.25) is 0 Å². The minimum atomic E-state index is 0.458. The van der Waals surface area contributed by atoms with E-state index in [4.69, 9.17) is 26.4 Å². The van der Waals surface area contributed by atoms with E-state index in [0.717, 1.165) is 26.2 Å². The fourth-order valence-corrected chi connectivity index (χ4v) is 4.13. The van der Waals surface area contributed by atoms with Gasteiger partial charge in [0.2, 0.25) is 0 Å². The highest BCUT2D eigenvalue weighted by Crippen LogP contribution is 2.45. The lowest BCUT2D eigenvalue weighted by atomic mass is 9.77. The van der Waals surface area contributed by atoms with E-state index in [1.165, 1.54) is 51.4 Å². The third-order valence-corrected chi connectivity index (χ3v) is 5.40. The standard InChI is InChI=1S/C19H34O3S/c1-3-4-5-7-12-20-14-17-16(18-10-11-19(17)22-18)9-6-8-13-21-15(2)23/h16-19H,3-14H2,1-2H3. The van der Waals surface area contributed by atoms with Crippen molar-refractivity contribution in [1.82, 2.24) is 0 Å². The summed E-state index contributed by atoms with van der Waals surface area (Å²) in [4.78, 5) is 0. The van der Waals surface area contributed by atoms with Gasteiger partial charge < -0.3 is 14.2 Å². The van der Waals surface area contributed by atoms with Gasteiger partial charge in [0.25, 0.3) is 0 Å². The third-order valence-electron chi connectivity index (χ3n) is 5.28. The molecule has 4 atom stereocenters. The van der Waals surface area contributed by atoms with Crippen LogP contribution in [-0.4, -0.2) is 37.1 Å². The van der Waals surface area contributed by atoms with Crippen LogP contribution in [0, 0.1) is 11.8 Å². The van der Waals surface area contributed by atoms with Crippen LogP contribution in [0.5, 0.6) is 0 Å². The number of fused-ring (bicyclic) bond motifs is 2. The van der Waals surface area contributed by atoms with Crippen molar-refractivity contribution in [3.63, 3.8) is 0 Å². The Labute approximate surface area is 147 Å². The largest absolute Gasteiger partial charge is 0.487 e. The van der Waals surface area contributed by atoms with Crippen molar-refractivity contribution in [2.75, 3.05) is 19.8 Å². The fraction of sp³-hybridized carbons (Fsp3) is 0.947. The summed E-state index contributed by atoms with van der Waals surface area (Å²) in [5.74, 6) is 1.31. The van der Waals surface area contributed by atoms with Crippen LogP contribution in [0.4, 0.5) is 0 Å². The predicted molar refractivity (Wildman–Crippen MR) is 97.9 cm³/mol. The average molecular weight is 343 g/mol. The molecule has 0 saturated carbocycles. The Bertz CT molecular complexity index is 348. The molecule has 4 heteroatoms. The van der Waals surface area contributed by atoms with Crippen LogP contribution >= 0.6 is 12.2 Å². The predicted octanol–water partition coefficient (Wildman–Crippen LogP) is 4.91. The highest BCUT2D eigenvalue weighted by molar-refractivity contribution is 7.80. The normalized spacial score (nSPS) is 29.1. The van der Waals surface area contributed by atoms with Gasteiger partial charge >= 0.3 is 0 Å². The first-order valence-electron chi connectivity index (χ1n) is 9.59. The molecule has 0 aromatic rings. The van der Waals surface area contributed by atoms with Crippen molar-refractivity contribution in [3.8, 4) is 0 Å². The summed E-state index contributed by atoms with van der Waals surface area (Å²) in [6.07, 6.45) is 12.1. The van der Waals surface area contributed by atoms with Crippen molar-refractivity contribution in [3.05, 3.63) is 0 Å². The first kappa shape index (κ1) is 19.1. The molecule has 4 unspecified atom stereocenters. The Morgan fingerprint density at radius 2 is 1.74 bits per heavy atom. The molecule has 0 N–H and O–H groups in total. The molecule has 0 aromatic heterocycles. The molecular formula is C19H34O3S. The van der Waals surface area contributed by atoms with Gasteiger partial charge in [-0.2, -0.15) is 0 Å². The highest BCUT2D eigenvalue weighted by Gasteiger charge is 2.48. The molecule has 0 spiro atoms. The second kappa shape index (κ2) is 10.6. The maximum Gasteiger partial charge on any atom is 0.156 e. The Hall–Kier alpha value is -0.190. The molecule has 2 heterocycles. The topological polar surface area (TPSA) is 27.7 Å². The van der Waals surface area contributed by atoms with Crippen LogP contribution in [0.3, 0.4) is 0 Å². The van der Waals surface area contributed by atoms with Crippen LogP contribution < -0.4 is 0 Å². The SMILES string of the molecule is CCCCCCOCC1C2CCC(O2)C1CCCCOC(C)=S. The molecule has 2 aliphatic rings. The third kappa shape index (κ3) is 6.32. The summed E-state index contributed by atoms with van der Waals surface area (Å²) >= 11 is 4.94. The lowest BCUT2D eigenvalue weighted by Gasteiger charge is -2.28. The Morgan fingerprint density at radius 3 is 2.48 bits per heavy atom. The molecule has 0 aromatic carbocycles. The van der Waals surface area contributed by atoms with E-state index < -0.39 is 0 Å². The van der Waals surface area contributed by atoms with Crippen molar-refractivity contribution >= 4 is 17.3 Å². The van der Waals surface area contributed by atoms with Gasteiger partial charge in [-0.25, -0.2) is 0 Å². The summed E-state index contributed by atoms with van der Waals surface area (Å²) in [6, 6.07) is 0. The minimum Gasteiger partial charge on any atom is -0.487 e. The monoisotopic (exact) mass is 342 g/mol. The molecular weight excluding hydrogens is 308 g/mol. The number of thiocarbonyl (C=S) groups is 1. The number of ether oxygens (including phenoxy) is 3. The van der Waals surface area contributed by atoms with Gasteiger partial charge in [-0.3, -0.25) is 0 Å². The van der Waals surface area contributed by atoms with Crippen molar-refractivity contribution < 1.29 is 14.2 Å². The highest BCUT2D eigenvalue weighted by atomic mass is 32.1. The lowest BCUT2D eigenvalue weighted by Crippen LogP contribution is -2.31. The first-order chi connectivity index (χ1) is 11.2. The van der Waals surface area contributed by atoms with Gasteiger partial charge in [-0.15, -0.1) is 0 Å². The van der Waals surface area contributed by atoms with Gasteiger partial charge in [-0.05, 0) is 56.7 Å². The Balaban J connectivity index is 1.62. The summed E-state index contributed by atoms with van der Waals surface area (Å²) in [5.41, 5.74) is 0. The molecule has 23 heavy (non-hydrogen) atoms. The molecule has 2 fully saturated rings. The van der Waals surface area contributed by atoms with E-state index in [0.29, 0.717) is 29.1 Å². The second-order valence-corrected chi connectivity index (χ2v) is 7.66. The summed E-state index contributed by atoms with van der Waals surface area (Å²) in [6.45, 7) is 6.66. The van der Waals surface area contributed by atoms with Crippen molar-refractivity contribution in [2.45, 2.75) is 83.8 Å². The van der Waals surface area contributed by atoms with Gasteiger partial charge in [-0.1, -0.05) is 26.2 Å². The molecule has 2 aliphatic heterocycles. The molecule has 2 saturated heterocycles. The summed E-state index contributed by atoms with van der Waals surface area (Å²) in [5, 5.41) is 0.655. The van der Waals surface area contributed by atoms with Gasteiger partial charge in [0.05, 0.1) is 25.4 Å². The van der Waals surface area contributed by atoms with Crippen LogP contribution in [0.1, 0.15) is 71.6 Å². The first-order valence-corrected chi connectivity index (χ1v) is 9.99. The maximum atomic E-state index is 6.16. The quantitative estimate of drug-likeness (QED) is 0.372. The Morgan fingerprint density at radius 1 is 1.00 bits per heavy atom. The smallest absolute Gasteiger partial charge is 0.156 e. The molecule has 0 radical (unpaired) electrons. The van der Waals surface area contributed by atoms with Crippen LogP contribution in [-0.2, 0) is 14.2 Å². The van der Waals surface area contributed by atoms with E-state index in [1.54, 1.807) is 0 Å². The Kier molecular flexibility index (Phi) is 8.84. The number of rotatable bonds is 12. The molecule has 2 bridgehead atoms. The average Bonchev–Trinajstić information content (AvgIpc) is 3.12. The van der Waals surface area contributed by atoms with E-state index in [9.17, 15) is 0 Å². The van der Waals surface area contributed by atoms with E-state index in [2.05, 4.69) is 6.92 Å². The second-order valence-electron chi connectivity index (χ2n) is 7.09. The zero-order valence-electron chi connectivity index (χ0n) is 14.9. The molecule has 3 nitrogen and oxygen atoms in total. The van der Waals surface area contributed by atoms with E-state index in [-0.39, 0.29) is 0 Å². The molecule has 0 amide bonds. The van der Waals surface area contributed by atoms with E-state index >= 15 is 0 Å². The van der Waals surface area contributed by atoms with Crippen molar-refractivity contribution in [2.24, 2.45) is 11.8 Å². The maximum absolute atomic E-state index is 6.16. The minimum absolute atomic E-state index is 0.458. The number of hydrogen-bond donors (Lipinski definition) is 0. The van der Waals surface area contributed by atoms with Crippen molar-refractivity contribution in [1.29, 1.82) is 0 Å². The van der Waals surface area contributed by atoms with Gasteiger partial charge in [0.15, 0.2) is 5.05 Å². The van der Waals surface area contributed by atoms with Crippen LogP contribution in [0.25, 0.3) is 0 Å². The van der Waals surface area contributed by atoms with Gasteiger partial charge in [0.1, 0.15) is 0 Å². The van der Waals surface area contributed by atoms with Crippen LogP contribution in [0.15, 0.2) is 0 Å². The number of hydrogen-bond acceptors (Lipinski definition) is 4. The van der Waals surface area contributed by atoms with Gasteiger partial charge in [0, 0.05) is 19.4 Å². The lowest BCUT2D eigenvalue weighted by molar-refractivity contribution is 0.0473. The van der Waals surface area contributed by atoms with E-state index in [1.807, 2.05) is 6.92 Å². The molecule has 2 rings (SSSR count). The summed E-state index contributed by atoms with van der Waals surface area (Å²) in [7, 11) is 0. The zero-order chi connectivity index (χ0) is 16.5. The number of unbranched alkanes of at least 4 members (excludes halogenated alkanes) is 4. The molecule has 134 valence electrons.